The van der Waals surface area contributed by atoms with Gasteiger partial charge in [0.05, 0.1) is 0 Å². The van der Waals surface area contributed by atoms with Crippen LogP contribution in [0.15, 0.2) is 23.8 Å². The Balaban J connectivity index is 1.52. The minimum absolute atomic E-state index is 0.116. The van der Waals surface area contributed by atoms with Crippen molar-refractivity contribution < 1.29 is 9.59 Å². The SMILES string of the molecule is CC(=CC1CCN(CC2CC2)CC1)C(=O)N1CCC=CC1=O. The van der Waals surface area contributed by atoms with Gasteiger partial charge in [-0.25, -0.2) is 0 Å². The lowest BCUT2D eigenvalue weighted by Crippen LogP contribution is -2.39. The first-order valence-corrected chi connectivity index (χ1v) is 8.56. The van der Waals surface area contributed by atoms with Crippen LogP contribution < -0.4 is 0 Å². The summed E-state index contributed by atoms with van der Waals surface area (Å²) in [5, 5.41) is 0. The summed E-state index contributed by atoms with van der Waals surface area (Å²) >= 11 is 0. The fourth-order valence-electron chi connectivity index (χ4n) is 3.40. The van der Waals surface area contributed by atoms with Crippen LogP contribution in [0.3, 0.4) is 0 Å². The van der Waals surface area contributed by atoms with Crippen molar-refractivity contribution in [1.82, 2.24) is 9.80 Å². The minimum Gasteiger partial charge on any atom is -0.303 e. The summed E-state index contributed by atoms with van der Waals surface area (Å²) in [5.74, 6) is 1.14. The Labute approximate surface area is 132 Å². The molecule has 0 unspecified atom stereocenters. The Morgan fingerprint density at radius 3 is 2.59 bits per heavy atom. The molecule has 0 aromatic rings. The molecule has 120 valence electrons. The molecule has 0 aromatic heterocycles. The molecule has 0 aromatic carbocycles. The fraction of sp³-hybridized carbons (Fsp3) is 0.667. The van der Waals surface area contributed by atoms with Gasteiger partial charge in [0.1, 0.15) is 0 Å². The van der Waals surface area contributed by atoms with Crippen LogP contribution in [0.2, 0.25) is 0 Å². The number of hydrogen-bond acceptors (Lipinski definition) is 3. The van der Waals surface area contributed by atoms with Crippen LogP contribution in [-0.4, -0.2) is 47.8 Å². The standard InChI is InChI=1S/C18H26N2O2/c1-14(18(22)20-9-3-2-4-17(20)21)12-15-7-10-19(11-8-15)13-16-5-6-16/h2,4,12,15-16H,3,5-11,13H2,1H3. The van der Waals surface area contributed by atoms with Gasteiger partial charge in [0.25, 0.3) is 11.8 Å². The molecule has 0 spiro atoms. The normalized spacial score (nSPS) is 24.9. The lowest BCUT2D eigenvalue weighted by Gasteiger charge is -2.31. The van der Waals surface area contributed by atoms with Crippen molar-refractivity contribution in [3.63, 3.8) is 0 Å². The lowest BCUT2D eigenvalue weighted by atomic mass is 9.94. The van der Waals surface area contributed by atoms with E-state index in [0.29, 0.717) is 12.5 Å². The van der Waals surface area contributed by atoms with Crippen LogP contribution in [0.4, 0.5) is 0 Å². The Bertz CT molecular complexity index is 497. The largest absolute Gasteiger partial charge is 0.303 e. The van der Waals surface area contributed by atoms with Crippen molar-refractivity contribution in [2.75, 3.05) is 26.2 Å². The van der Waals surface area contributed by atoms with Gasteiger partial charge in [0.15, 0.2) is 0 Å². The van der Waals surface area contributed by atoms with E-state index in [1.165, 1.54) is 30.4 Å². The summed E-state index contributed by atoms with van der Waals surface area (Å²) in [7, 11) is 0. The molecule has 3 aliphatic rings. The van der Waals surface area contributed by atoms with Gasteiger partial charge in [0.2, 0.25) is 0 Å². The number of hydrogen-bond donors (Lipinski definition) is 0. The number of piperidine rings is 1. The third-order valence-corrected chi connectivity index (χ3v) is 4.96. The Morgan fingerprint density at radius 2 is 1.95 bits per heavy atom. The highest BCUT2D eigenvalue weighted by molar-refractivity contribution is 6.07. The average Bonchev–Trinajstić information content (AvgIpc) is 3.33. The zero-order valence-electron chi connectivity index (χ0n) is 13.5. The maximum Gasteiger partial charge on any atom is 0.256 e. The number of amides is 2. The number of carbonyl (C=O) groups is 2. The van der Waals surface area contributed by atoms with Gasteiger partial charge in [-0.3, -0.25) is 14.5 Å². The molecule has 0 atom stereocenters. The van der Waals surface area contributed by atoms with Crippen molar-refractivity contribution in [2.24, 2.45) is 11.8 Å². The summed E-state index contributed by atoms with van der Waals surface area (Å²) < 4.78 is 0. The third-order valence-electron chi connectivity index (χ3n) is 4.96. The Kier molecular flexibility index (Phi) is 4.77. The summed E-state index contributed by atoms with van der Waals surface area (Å²) in [6.45, 7) is 5.92. The molecule has 1 saturated carbocycles. The lowest BCUT2D eigenvalue weighted by molar-refractivity contribution is -0.139. The first-order chi connectivity index (χ1) is 10.6. The molecule has 2 aliphatic heterocycles. The van der Waals surface area contributed by atoms with Gasteiger partial charge in [-0.15, -0.1) is 0 Å². The molecule has 1 aliphatic carbocycles. The number of rotatable bonds is 4. The van der Waals surface area contributed by atoms with Crippen molar-refractivity contribution >= 4 is 11.8 Å². The molecule has 0 bridgehead atoms. The monoisotopic (exact) mass is 302 g/mol. The molecule has 3 rings (SSSR count). The van der Waals surface area contributed by atoms with Crippen LogP contribution in [0.25, 0.3) is 0 Å². The molecule has 2 heterocycles. The quantitative estimate of drug-likeness (QED) is 0.749. The van der Waals surface area contributed by atoms with Crippen LogP contribution in [0, 0.1) is 11.8 Å². The van der Waals surface area contributed by atoms with E-state index < -0.39 is 0 Å². The van der Waals surface area contributed by atoms with E-state index in [2.05, 4.69) is 11.0 Å². The van der Waals surface area contributed by atoms with Crippen LogP contribution in [0.1, 0.15) is 39.0 Å². The van der Waals surface area contributed by atoms with Gasteiger partial charge >= 0.3 is 0 Å². The Morgan fingerprint density at radius 1 is 1.23 bits per heavy atom. The fourth-order valence-corrected chi connectivity index (χ4v) is 3.40. The predicted octanol–water partition coefficient (Wildman–Crippen LogP) is 2.37. The van der Waals surface area contributed by atoms with Crippen LogP contribution in [-0.2, 0) is 9.59 Å². The second-order valence-corrected chi connectivity index (χ2v) is 6.92. The molecular weight excluding hydrogens is 276 g/mol. The molecule has 0 radical (unpaired) electrons. The van der Waals surface area contributed by atoms with E-state index in [4.69, 9.17) is 0 Å². The molecule has 22 heavy (non-hydrogen) atoms. The van der Waals surface area contributed by atoms with E-state index in [9.17, 15) is 9.59 Å². The van der Waals surface area contributed by atoms with Gasteiger partial charge in [0, 0.05) is 18.7 Å². The highest BCUT2D eigenvalue weighted by Crippen LogP contribution is 2.31. The van der Waals surface area contributed by atoms with Gasteiger partial charge < -0.3 is 4.90 Å². The van der Waals surface area contributed by atoms with Gasteiger partial charge in [-0.1, -0.05) is 12.2 Å². The highest BCUT2D eigenvalue weighted by atomic mass is 16.2. The van der Waals surface area contributed by atoms with Crippen LogP contribution >= 0.6 is 0 Å². The van der Waals surface area contributed by atoms with Gasteiger partial charge in [-0.05, 0) is 70.0 Å². The second-order valence-electron chi connectivity index (χ2n) is 6.92. The van der Waals surface area contributed by atoms with Gasteiger partial charge in [-0.2, -0.15) is 0 Å². The average molecular weight is 302 g/mol. The predicted molar refractivity (Wildman–Crippen MR) is 86.1 cm³/mol. The van der Waals surface area contributed by atoms with Crippen molar-refractivity contribution in [3.8, 4) is 0 Å². The maximum atomic E-state index is 12.4. The molecule has 2 fully saturated rings. The van der Waals surface area contributed by atoms with E-state index in [-0.39, 0.29) is 11.8 Å². The second kappa shape index (κ2) is 6.78. The smallest absolute Gasteiger partial charge is 0.256 e. The Hall–Kier alpha value is -1.42. The first kappa shape index (κ1) is 15.5. The minimum atomic E-state index is -0.178. The highest BCUT2D eigenvalue weighted by Gasteiger charge is 2.27. The number of nitrogens with zero attached hydrogens (tertiary/aromatic N) is 2. The summed E-state index contributed by atoms with van der Waals surface area (Å²) in [6, 6.07) is 0. The van der Waals surface area contributed by atoms with Crippen molar-refractivity contribution in [3.05, 3.63) is 23.8 Å². The van der Waals surface area contributed by atoms with Crippen molar-refractivity contribution in [2.45, 2.75) is 39.0 Å². The number of allylic oxidation sites excluding steroid dienone is 1. The molecule has 2 amide bonds. The van der Waals surface area contributed by atoms with E-state index in [1.807, 2.05) is 13.0 Å². The topological polar surface area (TPSA) is 40.6 Å². The van der Waals surface area contributed by atoms with Crippen LogP contribution in [0.5, 0.6) is 0 Å². The van der Waals surface area contributed by atoms with E-state index in [0.717, 1.165) is 43.8 Å². The molecule has 4 nitrogen and oxygen atoms in total. The number of carbonyl (C=O) groups excluding carboxylic acids is 2. The molecule has 4 heteroatoms. The molecular formula is C18H26N2O2. The molecule has 0 N–H and O–H groups in total. The number of imide groups is 1. The van der Waals surface area contributed by atoms with Crippen molar-refractivity contribution in [1.29, 1.82) is 0 Å². The molecule has 1 saturated heterocycles. The van der Waals surface area contributed by atoms with E-state index >= 15 is 0 Å². The third kappa shape index (κ3) is 3.86. The number of likely N-dealkylation sites (tertiary alicyclic amines) is 1. The summed E-state index contributed by atoms with van der Waals surface area (Å²) in [4.78, 5) is 28.1. The zero-order valence-corrected chi connectivity index (χ0v) is 13.5. The maximum absolute atomic E-state index is 12.4. The zero-order chi connectivity index (χ0) is 15.5. The summed E-state index contributed by atoms with van der Waals surface area (Å²) in [6.07, 6.45) is 11.3. The first-order valence-electron chi connectivity index (χ1n) is 8.56. The van der Waals surface area contributed by atoms with E-state index in [1.54, 1.807) is 0 Å². The summed E-state index contributed by atoms with van der Waals surface area (Å²) in [5.41, 5.74) is 0.726.